The highest BCUT2D eigenvalue weighted by Crippen LogP contribution is 2.20. The van der Waals surface area contributed by atoms with Crippen LogP contribution in [0.15, 0.2) is 24.3 Å². The average molecular weight is 198 g/mol. The van der Waals surface area contributed by atoms with Gasteiger partial charge in [-0.2, -0.15) is 0 Å². The monoisotopic (exact) mass is 197 g/mol. The number of halogens is 1. The lowest BCUT2D eigenvalue weighted by molar-refractivity contribution is 0.524. The molecule has 1 aromatic rings. The maximum Gasteiger partial charge on any atom is 0.0406 e. The third kappa shape index (κ3) is 2.71. The van der Waals surface area contributed by atoms with Gasteiger partial charge in [0.25, 0.3) is 0 Å². The van der Waals surface area contributed by atoms with E-state index in [2.05, 4.69) is 31.3 Å². The van der Waals surface area contributed by atoms with Gasteiger partial charge in [-0.05, 0) is 37.6 Å². The van der Waals surface area contributed by atoms with E-state index in [1.807, 2.05) is 19.2 Å². The van der Waals surface area contributed by atoms with Crippen molar-refractivity contribution in [3.8, 4) is 0 Å². The molecule has 0 amide bonds. The molecule has 0 radical (unpaired) electrons. The molecule has 0 aliphatic rings. The predicted octanol–water partition coefficient (Wildman–Crippen LogP) is 3.05. The largest absolute Gasteiger partial charge is 0.317 e. The highest BCUT2D eigenvalue weighted by Gasteiger charge is 2.11. The van der Waals surface area contributed by atoms with Crippen LogP contribution in [0.5, 0.6) is 0 Å². The molecule has 1 nitrogen and oxygen atoms in total. The summed E-state index contributed by atoms with van der Waals surface area (Å²) in [6.07, 6.45) is 0. The molecule has 2 heteroatoms. The van der Waals surface area contributed by atoms with Crippen molar-refractivity contribution in [2.45, 2.75) is 25.8 Å². The first-order chi connectivity index (χ1) is 6.15. The fraction of sp³-hybridized carbons (Fsp3) is 0.455. The zero-order valence-electron chi connectivity index (χ0n) is 8.34. The standard InChI is InChI=1S/C11H16ClN/c1-8(9(2)13-3)10-4-6-11(12)7-5-10/h4-9,13H,1-3H3/t8-,9-/m1/s1. The Morgan fingerprint density at radius 1 is 1.15 bits per heavy atom. The van der Waals surface area contributed by atoms with E-state index in [4.69, 9.17) is 11.6 Å². The van der Waals surface area contributed by atoms with Crippen LogP contribution in [0, 0.1) is 0 Å². The highest BCUT2D eigenvalue weighted by atomic mass is 35.5. The number of likely N-dealkylation sites (N-methyl/N-ethyl adjacent to an activating group) is 1. The summed E-state index contributed by atoms with van der Waals surface area (Å²) in [7, 11) is 1.98. The summed E-state index contributed by atoms with van der Waals surface area (Å²) in [6.45, 7) is 4.39. The second-order valence-corrected chi connectivity index (χ2v) is 3.85. The number of nitrogens with one attached hydrogen (secondary N) is 1. The van der Waals surface area contributed by atoms with Gasteiger partial charge in [-0.25, -0.2) is 0 Å². The summed E-state index contributed by atoms with van der Waals surface area (Å²) in [6, 6.07) is 8.54. The van der Waals surface area contributed by atoms with E-state index in [0.29, 0.717) is 12.0 Å². The van der Waals surface area contributed by atoms with E-state index >= 15 is 0 Å². The van der Waals surface area contributed by atoms with Crippen molar-refractivity contribution in [3.05, 3.63) is 34.9 Å². The van der Waals surface area contributed by atoms with E-state index in [9.17, 15) is 0 Å². The minimum Gasteiger partial charge on any atom is -0.317 e. The highest BCUT2D eigenvalue weighted by molar-refractivity contribution is 6.30. The molecule has 0 saturated heterocycles. The van der Waals surface area contributed by atoms with Crippen LogP contribution in [0.1, 0.15) is 25.3 Å². The molecule has 0 bridgehead atoms. The first kappa shape index (κ1) is 10.6. The molecule has 0 aliphatic heterocycles. The lowest BCUT2D eigenvalue weighted by Crippen LogP contribution is -2.27. The number of hydrogen-bond donors (Lipinski definition) is 1. The van der Waals surface area contributed by atoms with Gasteiger partial charge in [0.05, 0.1) is 0 Å². The molecule has 72 valence electrons. The molecule has 0 fully saturated rings. The smallest absolute Gasteiger partial charge is 0.0406 e. The zero-order chi connectivity index (χ0) is 9.84. The molecule has 0 spiro atoms. The number of rotatable bonds is 3. The molecule has 2 atom stereocenters. The zero-order valence-corrected chi connectivity index (χ0v) is 9.10. The van der Waals surface area contributed by atoms with E-state index < -0.39 is 0 Å². The van der Waals surface area contributed by atoms with Gasteiger partial charge in [-0.3, -0.25) is 0 Å². The molecule has 0 aromatic heterocycles. The fourth-order valence-electron chi connectivity index (χ4n) is 1.31. The molecular weight excluding hydrogens is 182 g/mol. The second-order valence-electron chi connectivity index (χ2n) is 3.42. The SMILES string of the molecule is CN[C@H](C)[C@@H](C)c1ccc(Cl)cc1. The van der Waals surface area contributed by atoms with E-state index in [-0.39, 0.29) is 0 Å². The lowest BCUT2D eigenvalue weighted by atomic mass is 9.95. The fourth-order valence-corrected chi connectivity index (χ4v) is 1.43. The maximum absolute atomic E-state index is 5.81. The molecule has 1 rings (SSSR count). The van der Waals surface area contributed by atoms with Gasteiger partial charge < -0.3 is 5.32 Å². The van der Waals surface area contributed by atoms with Gasteiger partial charge in [0.1, 0.15) is 0 Å². The topological polar surface area (TPSA) is 12.0 Å². The summed E-state index contributed by atoms with van der Waals surface area (Å²) in [5.74, 6) is 0.516. The van der Waals surface area contributed by atoms with Crippen molar-refractivity contribution in [1.82, 2.24) is 5.32 Å². The van der Waals surface area contributed by atoms with Gasteiger partial charge in [0.2, 0.25) is 0 Å². The first-order valence-electron chi connectivity index (χ1n) is 4.58. The van der Waals surface area contributed by atoms with Crippen LogP contribution >= 0.6 is 11.6 Å². The molecular formula is C11H16ClN. The molecule has 0 aliphatic carbocycles. The molecule has 13 heavy (non-hydrogen) atoms. The molecule has 1 N–H and O–H groups in total. The van der Waals surface area contributed by atoms with Crippen molar-refractivity contribution in [2.24, 2.45) is 0 Å². The molecule has 1 aromatic carbocycles. The summed E-state index contributed by atoms with van der Waals surface area (Å²) >= 11 is 5.81. The Morgan fingerprint density at radius 2 is 1.69 bits per heavy atom. The minimum atomic E-state index is 0.487. The maximum atomic E-state index is 5.81. The predicted molar refractivity (Wildman–Crippen MR) is 58.4 cm³/mol. The van der Waals surface area contributed by atoms with Gasteiger partial charge in [-0.1, -0.05) is 30.7 Å². The van der Waals surface area contributed by atoms with Crippen molar-refractivity contribution in [1.29, 1.82) is 0 Å². The van der Waals surface area contributed by atoms with Crippen molar-refractivity contribution in [3.63, 3.8) is 0 Å². The summed E-state index contributed by atoms with van der Waals surface area (Å²) in [5.41, 5.74) is 1.33. The van der Waals surface area contributed by atoms with Crippen molar-refractivity contribution in [2.75, 3.05) is 7.05 Å². The average Bonchev–Trinajstić information content (AvgIpc) is 2.17. The third-order valence-electron chi connectivity index (χ3n) is 2.60. The van der Waals surface area contributed by atoms with Crippen LogP contribution in [0.4, 0.5) is 0 Å². The normalized spacial score (nSPS) is 15.4. The first-order valence-corrected chi connectivity index (χ1v) is 4.95. The lowest BCUT2D eigenvalue weighted by Gasteiger charge is -2.19. The Hall–Kier alpha value is -0.530. The summed E-state index contributed by atoms with van der Waals surface area (Å²) in [4.78, 5) is 0. The summed E-state index contributed by atoms with van der Waals surface area (Å²) < 4.78 is 0. The third-order valence-corrected chi connectivity index (χ3v) is 2.85. The second kappa shape index (κ2) is 4.64. The minimum absolute atomic E-state index is 0.487. The quantitative estimate of drug-likeness (QED) is 0.786. The van der Waals surface area contributed by atoms with Crippen LogP contribution in [0.2, 0.25) is 5.02 Å². The van der Waals surface area contributed by atoms with E-state index in [1.54, 1.807) is 0 Å². The number of hydrogen-bond acceptors (Lipinski definition) is 1. The molecule has 0 unspecified atom stereocenters. The van der Waals surface area contributed by atoms with Gasteiger partial charge in [-0.15, -0.1) is 0 Å². The van der Waals surface area contributed by atoms with Crippen LogP contribution in [-0.4, -0.2) is 13.1 Å². The Labute approximate surface area is 85.1 Å². The van der Waals surface area contributed by atoms with E-state index in [1.165, 1.54) is 5.56 Å². The summed E-state index contributed by atoms with van der Waals surface area (Å²) in [5, 5.41) is 4.04. The van der Waals surface area contributed by atoms with Gasteiger partial charge in [0.15, 0.2) is 0 Å². The van der Waals surface area contributed by atoms with Crippen LogP contribution in [0.25, 0.3) is 0 Å². The van der Waals surface area contributed by atoms with Crippen LogP contribution in [-0.2, 0) is 0 Å². The van der Waals surface area contributed by atoms with Crippen molar-refractivity contribution >= 4 is 11.6 Å². The van der Waals surface area contributed by atoms with Gasteiger partial charge in [0, 0.05) is 11.1 Å². The van der Waals surface area contributed by atoms with E-state index in [0.717, 1.165) is 5.02 Å². The number of benzene rings is 1. The molecule has 0 saturated carbocycles. The van der Waals surface area contributed by atoms with Crippen LogP contribution in [0.3, 0.4) is 0 Å². The van der Waals surface area contributed by atoms with Gasteiger partial charge >= 0.3 is 0 Å². The Kier molecular flexibility index (Phi) is 3.76. The molecule has 0 heterocycles. The Balaban J connectivity index is 2.77. The van der Waals surface area contributed by atoms with Crippen LogP contribution < -0.4 is 5.32 Å². The Bertz CT molecular complexity index is 255. The Morgan fingerprint density at radius 3 is 2.15 bits per heavy atom. The van der Waals surface area contributed by atoms with Crippen molar-refractivity contribution < 1.29 is 0 Å².